The van der Waals surface area contributed by atoms with Gasteiger partial charge in [0.2, 0.25) is 5.91 Å². The summed E-state index contributed by atoms with van der Waals surface area (Å²) in [6, 6.07) is 2.65. The van der Waals surface area contributed by atoms with E-state index in [2.05, 4.69) is 15.6 Å². The van der Waals surface area contributed by atoms with Crippen molar-refractivity contribution in [2.75, 3.05) is 49.6 Å². The first-order valence-corrected chi connectivity index (χ1v) is 7.50. The van der Waals surface area contributed by atoms with Crippen molar-refractivity contribution in [1.29, 1.82) is 0 Å². The lowest BCUT2D eigenvalue weighted by Gasteiger charge is -2.27. The number of hydrogen-bond acceptors (Lipinski definition) is 5. The highest BCUT2D eigenvalue weighted by Gasteiger charge is 2.27. The van der Waals surface area contributed by atoms with E-state index < -0.39 is 31.2 Å². The molecule has 1 aliphatic heterocycles. The summed E-state index contributed by atoms with van der Waals surface area (Å²) in [6.07, 6.45) is -3.04. The van der Waals surface area contributed by atoms with Gasteiger partial charge in [0.05, 0.1) is 31.6 Å². The lowest BCUT2D eigenvalue weighted by molar-refractivity contribution is -0.137. The number of anilines is 2. The van der Waals surface area contributed by atoms with E-state index in [1.165, 1.54) is 6.20 Å². The quantitative estimate of drug-likeness (QED) is 0.718. The number of nitrogens with one attached hydrogen (secondary N) is 3. The molecule has 1 fully saturated rings. The maximum atomic E-state index is 11.9. The summed E-state index contributed by atoms with van der Waals surface area (Å²) < 4.78 is 41.1. The number of amides is 3. The third-order valence-corrected chi connectivity index (χ3v) is 3.24. The molecule has 1 aromatic rings. The monoisotopic (exact) mass is 361 g/mol. The Morgan fingerprint density at radius 1 is 1.20 bits per heavy atom. The molecule has 8 nitrogen and oxygen atoms in total. The second kappa shape index (κ2) is 8.51. The van der Waals surface area contributed by atoms with Crippen molar-refractivity contribution >= 4 is 23.4 Å². The minimum atomic E-state index is -4.49. The van der Waals surface area contributed by atoms with E-state index in [1.807, 2.05) is 4.90 Å². The Bertz CT molecular complexity index is 588. The smallest absolute Gasteiger partial charge is 0.378 e. The number of nitrogens with zero attached hydrogens (tertiary/aromatic N) is 2. The molecule has 11 heteroatoms. The molecule has 1 aliphatic rings. The fourth-order valence-electron chi connectivity index (χ4n) is 2.04. The lowest BCUT2D eigenvalue weighted by Crippen LogP contribution is -2.42. The summed E-state index contributed by atoms with van der Waals surface area (Å²) in [7, 11) is 0. The SMILES string of the molecule is O=C(CNC(=O)Nc1ccc(N2CCOCC2)nc1)NCC(F)(F)F. The molecular formula is C14H18F3N5O3. The molecule has 2 rings (SSSR count). The van der Waals surface area contributed by atoms with Crippen LogP contribution < -0.4 is 20.9 Å². The number of ether oxygens (including phenoxy) is 1. The van der Waals surface area contributed by atoms with Gasteiger partial charge in [-0.25, -0.2) is 9.78 Å². The highest BCUT2D eigenvalue weighted by Crippen LogP contribution is 2.15. The standard InChI is InChI=1S/C14H18F3N5O3/c15-14(16,17)9-20-12(23)8-19-13(24)21-10-1-2-11(18-7-10)22-3-5-25-6-4-22/h1-2,7H,3-6,8-9H2,(H,20,23)(H2,19,21,24). The highest BCUT2D eigenvalue weighted by molar-refractivity contribution is 5.92. The molecule has 0 bridgehead atoms. The Balaban J connectivity index is 1.73. The van der Waals surface area contributed by atoms with Gasteiger partial charge in [-0.1, -0.05) is 0 Å². The van der Waals surface area contributed by atoms with Gasteiger partial charge in [-0.15, -0.1) is 0 Å². The lowest BCUT2D eigenvalue weighted by atomic mass is 10.3. The minimum Gasteiger partial charge on any atom is -0.378 e. The van der Waals surface area contributed by atoms with Crippen molar-refractivity contribution in [1.82, 2.24) is 15.6 Å². The Kier molecular flexibility index (Phi) is 6.39. The van der Waals surface area contributed by atoms with Crippen LogP contribution in [-0.4, -0.2) is 62.5 Å². The number of morpholine rings is 1. The number of urea groups is 1. The topological polar surface area (TPSA) is 95.6 Å². The van der Waals surface area contributed by atoms with Crippen LogP contribution in [0.3, 0.4) is 0 Å². The van der Waals surface area contributed by atoms with E-state index in [9.17, 15) is 22.8 Å². The Labute approximate surface area is 141 Å². The molecule has 0 atom stereocenters. The van der Waals surface area contributed by atoms with Crippen molar-refractivity contribution in [2.45, 2.75) is 6.18 Å². The van der Waals surface area contributed by atoms with Crippen molar-refractivity contribution in [3.63, 3.8) is 0 Å². The van der Waals surface area contributed by atoms with Crippen molar-refractivity contribution < 1.29 is 27.5 Å². The average Bonchev–Trinajstić information content (AvgIpc) is 2.59. The zero-order chi connectivity index (χ0) is 18.3. The molecule has 0 saturated carbocycles. The zero-order valence-electron chi connectivity index (χ0n) is 13.2. The summed E-state index contributed by atoms with van der Waals surface area (Å²) in [5, 5.41) is 6.25. The second-order valence-corrected chi connectivity index (χ2v) is 5.20. The van der Waals surface area contributed by atoms with Crippen LogP contribution in [-0.2, 0) is 9.53 Å². The predicted molar refractivity (Wildman–Crippen MR) is 83.4 cm³/mol. The summed E-state index contributed by atoms with van der Waals surface area (Å²) in [5.74, 6) is -0.186. The minimum absolute atomic E-state index is 0.394. The number of carbonyl (C=O) groups excluding carboxylic acids is 2. The van der Waals surface area contributed by atoms with Gasteiger partial charge >= 0.3 is 12.2 Å². The van der Waals surface area contributed by atoms with Crippen molar-refractivity contribution in [2.24, 2.45) is 0 Å². The van der Waals surface area contributed by atoms with Crippen LogP contribution in [0.5, 0.6) is 0 Å². The number of rotatable bonds is 5. The number of carbonyl (C=O) groups is 2. The van der Waals surface area contributed by atoms with E-state index in [0.717, 1.165) is 18.9 Å². The number of alkyl halides is 3. The third kappa shape index (κ3) is 6.83. The van der Waals surface area contributed by atoms with Gasteiger partial charge < -0.3 is 25.6 Å². The predicted octanol–water partition coefficient (Wildman–Crippen LogP) is 0.718. The number of halogens is 3. The highest BCUT2D eigenvalue weighted by atomic mass is 19.4. The largest absolute Gasteiger partial charge is 0.405 e. The van der Waals surface area contributed by atoms with Gasteiger partial charge in [0.1, 0.15) is 12.4 Å². The van der Waals surface area contributed by atoms with Crippen LogP contribution in [0.25, 0.3) is 0 Å². The third-order valence-electron chi connectivity index (χ3n) is 3.24. The van der Waals surface area contributed by atoms with E-state index in [0.29, 0.717) is 18.9 Å². The Morgan fingerprint density at radius 3 is 2.52 bits per heavy atom. The van der Waals surface area contributed by atoms with E-state index in [4.69, 9.17) is 4.74 Å². The summed E-state index contributed by atoms with van der Waals surface area (Å²) in [4.78, 5) is 29.1. The zero-order valence-corrected chi connectivity index (χ0v) is 13.2. The molecule has 1 aromatic heterocycles. The van der Waals surface area contributed by atoms with E-state index in [-0.39, 0.29) is 0 Å². The molecule has 138 valence electrons. The van der Waals surface area contributed by atoms with E-state index >= 15 is 0 Å². The molecule has 0 aliphatic carbocycles. The Hall–Kier alpha value is -2.56. The molecular weight excluding hydrogens is 343 g/mol. The van der Waals surface area contributed by atoms with Crippen LogP contribution in [0.15, 0.2) is 18.3 Å². The molecule has 3 amide bonds. The number of pyridine rings is 1. The molecule has 25 heavy (non-hydrogen) atoms. The number of hydrogen-bond donors (Lipinski definition) is 3. The van der Waals surface area contributed by atoms with Gasteiger partial charge in [-0.3, -0.25) is 4.79 Å². The van der Waals surface area contributed by atoms with Gasteiger partial charge in [0.15, 0.2) is 0 Å². The van der Waals surface area contributed by atoms with E-state index in [1.54, 1.807) is 17.4 Å². The van der Waals surface area contributed by atoms with Crippen molar-refractivity contribution in [3.8, 4) is 0 Å². The molecule has 0 unspecified atom stereocenters. The van der Waals surface area contributed by atoms with Gasteiger partial charge in [-0.2, -0.15) is 13.2 Å². The van der Waals surface area contributed by atoms with Crippen LogP contribution in [0.1, 0.15) is 0 Å². The Morgan fingerprint density at radius 2 is 1.92 bits per heavy atom. The normalized spacial score (nSPS) is 14.8. The molecule has 0 aromatic carbocycles. The first-order valence-electron chi connectivity index (χ1n) is 7.50. The van der Waals surface area contributed by atoms with Crippen LogP contribution in [0, 0.1) is 0 Å². The summed E-state index contributed by atoms with van der Waals surface area (Å²) >= 11 is 0. The summed E-state index contributed by atoms with van der Waals surface area (Å²) in [5.41, 5.74) is 0.394. The van der Waals surface area contributed by atoms with Crippen LogP contribution in [0.4, 0.5) is 29.5 Å². The fourth-order valence-corrected chi connectivity index (χ4v) is 2.04. The summed E-state index contributed by atoms with van der Waals surface area (Å²) in [6.45, 7) is 0.699. The molecule has 0 spiro atoms. The average molecular weight is 361 g/mol. The molecule has 0 radical (unpaired) electrons. The van der Waals surface area contributed by atoms with Crippen LogP contribution in [0.2, 0.25) is 0 Å². The van der Waals surface area contributed by atoms with Gasteiger partial charge in [0.25, 0.3) is 0 Å². The first-order chi connectivity index (χ1) is 11.8. The maximum Gasteiger partial charge on any atom is 0.405 e. The maximum absolute atomic E-state index is 11.9. The number of aromatic nitrogens is 1. The van der Waals surface area contributed by atoms with Gasteiger partial charge in [0, 0.05) is 13.1 Å². The van der Waals surface area contributed by atoms with Crippen LogP contribution >= 0.6 is 0 Å². The molecule has 3 N–H and O–H groups in total. The molecule has 1 saturated heterocycles. The second-order valence-electron chi connectivity index (χ2n) is 5.20. The fraction of sp³-hybridized carbons (Fsp3) is 0.500. The van der Waals surface area contributed by atoms with Crippen molar-refractivity contribution in [3.05, 3.63) is 18.3 Å². The first kappa shape index (κ1) is 18.8. The van der Waals surface area contributed by atoms with Gasteiger partial charge in [-0.05, 0) is 12.1 Å². The molecule has 2 heterocycles.